The lowest BCUT2D eigenvalue weighted by molar-refractivity contribution is 0.0582. The van der Waals surface area contributed by atoms with E-state index in [1.54, 1.807) is 14.2 Å². The molecular formula is C22H20O3. The van der Waals surface area contributed by atoms with E-state index in [9.17, 15) is 0 Å². The Morgan fingerprint density at radius 2 is 1.00 bits per heavy atom. The molecule has 3 nitrogen and oxygen atoms in total. The standard InChI is InChI=1S/C22H20O3/c1-23-17-11-7-15(8-12-17)21-19-5-3-4-6-20(19)22(25-21)16-9-13-18(24-2)14-10-16/h3-14,21-22H,1-2H3. The zero-order valence-electron chi connectivity index (χ0n) is 14.3. The molecule has 1 heterocycles. The van der Waals surface area contributed by atoms with Gasteiger partial charge in [0.05, 0.1) is 14.2 Å². The van der Waals surface area contributed by atoms with E-state index in [4.69, 9.17) is 14.2 Å². The summed E-state index contributed by atoms with van der Waals surface area (Å²) in [4.78, 5) is 0. The van der Waals surface area contributed by atoms with Gasteiger partial charge in [-0.2, -0.15) is 0 Å². The van der Waals surface area contributed by atoms with Crippen LogP contribution in [0.1, 0.15) is 34.5 Å². The molecule has 0 amide bonds. The molecule has 0 aromatic heterocycles. The van der Waals surface area contributed by atoms with Crippen molar-refractivity contribution >= 4 is 0 Å². The summed E-state index contributed by atoms with van der Waals surface area (Å²) >= 11 is 0. The number of hydrogen-bond acceptors (Lipinski definition) is 3. The highest BCUT2D eigenvalue weighted by molar-refractivity contribution is 5.46. The average Bonchev–Trinajstić information content (AvgIpc) is 3.08. The lowest BCUT2D eigenvalue weighted by Crippen LogP contribution is -2.02. The van der Waals surface area contributed by atoms with E-state index in [1.165, 1.54) is 11.1 Å². The summed E-state index contributed by atoms with van der Waals surface area (Å²) in [5.74, 6) is 1.70. The predicted octanol–water partition coefficient (Wildman–Crippen LogP) is 4.91. The Morgan fingerprint density at radius 1 is 0.600 bits per heavy atom. The van der Waals surface area contributed by atoms with Gasteiger partial charge < -0.3 is 14.2 Å². The largest absolute Gasteiger partial charge is 0.497 e. The van der Waals surface area contributed by atoms with Crippen molar-refractivity contribution in [2.45, 2.75) is 12.2 Å². The maximum atomic E-state index is 6.47. The van der Waals surface area contributed by atoms with Crippen molar-refractivity contribution in [3.63, 3.8) is 0 Å². The molecule has 3 heteroatoms. The monoisotopic (exact) mass is 332 g/mol. The van der Waals surface area contributed by atoms with E-state index in [1.807, 2.05) is 24.3 Å². The molecule has 1 aliphatic rings. The molecule has 0 radical (unpaired) electrons. The first-order valence-corrected chi connectivity index (χ1v) is 8.32. The van der Waals surface area contributed by atoms with Crippen LogP contribution in [0.3, 0.4) is 0 Å². The van der Waals surface area contributed by atoms with Crippen LogP contribution in [0.5, 0.6) is 11.5 Å². The topological polar surface area (TPSA) is 27.7 Å². The third kappa shape index (κ3) is 2.87. The second-order valence-electron chi connectivity index (χ2n) is 6.07. The Morgan fingerprint density at radius 3 is 1.36 bits per heavy atom. The molecule has 126 valence electrons. The summed E-state index contributed by atoms with van der Waals surface area (Å²) < 4.78 is 17.0. The molecule has 0 saturated heterocycles. The van der Waals surface area contributed by atoms with Crippen molar-refractivity contribution in [1.82, 2.24) is 0 Å². The van der Waals surface area contributed by atoms with Gasteiger partial charge in [-0.05, 0) is 46.5 Å². The van der Waals surface area contributed by atoms with Gasteiger partial charge in [0.1, 0.15) is 23.7 Å². The Bertz CT molecular complexity index is 781. The molecule has 1 aliphatic heterocycles. The van der Waals surface area contributed by atoms with E-state index in [0.717, 1.165) is 22.6 Å². The third-order valence-corrected chi connectivity index (χ3v) is 4.67. The summed E-state index contributed by atoms with van der Waals surface area (Å²) in [5.41, 5.74) is 4.69. The summed E-state index contributed by atoms with van der Waals surface area (Å²) in [6, 6.07) is 24.6. The van der Waals surface area contributed by atoms with Gasteiger partial charge in [-0.15, -0.1) is 0 Å². The van der Waals surface area contributed by atoms with Crippen LogP contribution in [-0.4, -0.2) is 14.2 Å². The van der Waals surface area contributed by atoms with Crippen LogP contribution >= 0.6 is 0 Å². The molecule has 3 aromatic rings. The highest BCUT2D eigenvalue weighted by Gasteiger charge is 2.33. The zero-order chi connectivity index (χ0) is 17.2. The van der Waals surface area contributed by atoms with Gasteiger partial charge in [-0.25, -0.2) is 0 Å². The fourth-order valence-electron chi connectivity index (χ4n) is 3.34. The van der Waals surface area contributed by atoms with Crippen molar-refractivity contribution in [3.8, 4) is 11.5 Å². The molecular weight excluding hydrogens is 312 g/mol. The summed E-state index contributed by atoms with van der Waals surface area (Å²) in [6.07, 6.45) is -0.150. The Balaban J connectivity index is 1.71. The van der Waals surface area contributed by atoms with Crippen molar-refractivity contribution in [3.05, 3.63) is 95.1 Å². The second kappa shape index (κ2) is 6.61. The number of rotatable bonds is 4. The molecule has 0 saturated carbocycles. The molecule has 0 N–H and O–H groups in total. The van der Waals surface area contributed by atoms with Crippen LogP contribution in [-0.2, 0) is 4.74 Å². The fourth-order valence-corrected chi connectivity index (χ4v) is 3.34. The number of benzene rings is 3. The van der Waals surface area contributed by atoms with Crippen LogP contribution in [0.2, 0.25) is 0 Å². The maximum Gasteiger partial charge on any atom is 0.118 e. The lowest BCUT2D eigenvalue weighted by Gasteiger charge is -2.16. The van der Waals surface area contributed by atoms with Crippen LogP contribution in [0.25, 0.3) is 0 Å². The first-order chi connectivity index (χ1) is 12.3. The molecule has 2 unspecified atom stereocenters. The van der Waals surface area contributed by atoms with E-state index >= 15 is 0 Å². The zero-order valence-corrected chi connectivity index (χ0v) is 14.3. The average molecular weight is 332 g/mol. The van der Waals surface area contributed by atoms with Crippen molar-refractivity contribution in [1.29, 1.82) is 0 Å². The van der Waals surface area contributed by atoms with Gasteiger partial charge in [0, 0.05) is 0 Å². The molecule has 3 aromatic carbocycles. The minimum atomic E-state index is -0.0748. The first-order valence-electron chi connectivity index (χ1n) is 8.32. The number of methoxy groups -OCH3 is 2. The van der Waals surface area contributed by atoms with Gasteiger partial charge in [-0.1, -0.05) is 48.5 Å². The van der Waals surface area contributed by atoms with Crippen LogP contribution < -0.4 is 9.47 Å². The van der Waals surface area contributed by atoms with Gasteiger partial charge >= 0.3 is 0 Å². The summed E-state index contributed by atoms with van der Waals surface area (Å²) in [5, 5.41) is 0. The van der Waals surface area contributed by atoms with Crippen molar-refractivity contribution < 1.29 is 14.2 Å². The highest BCUT2D eigenvalue weighted by Crippen LogP contribution is 2.45. The van der Waals surface area contributed by atoms with Gasteiger partial charge in [0.25, 0.3) is 0 Å². The van der Waals surface area contributed by atoms with Crippen LogP contribution in [0, 0.1) is 0 Å². The number of ether oxygens (including phenoxy) is 3. The third-order valence-electron chi connectivity index (χ3n) is 4.67. The van der Waals surface area contributed by atoms with Crippen molar-refractivity contribution in [2.24, 2.45) is 0 Å². The fraction of sp³-hybridized carbons (Fsp3) is 0.182. The molecule has 2 atom stereocenters. The maximum absolute atomic E-state index is 6.47. The smallest absolute Gasteiger partial charge is 0.118 e. The predicted molar refractivity (Wildman–Crippen MR) is 97.2 cm³/mol. The molecule has 4 rings (SSSR count). The molecule has 25 heavy (non-hydrogen) atoms. The Labute approximate surface area is 147 Å². The Hall–Kier alpha value is -2.78. The van der Waals surface area contributed by atoms with E-state index < -0.39 is 0 Å². The van der Waals surface area contributed by atoms with E-state index in [0.29, 0.717) is 0 Å². The Kier molecular flexibility index (Phi) is 4.16. The minimum absolute atomic E-state index is 0.0748. The SMILES string of the molecule is COc1ccc(C2OC(c3ccc(OC)cc3)c3ccccc32)cc1. The normalized spacial score (nSPS) is 18.6. The lowest BCUT2D eigenvalue weighted by atomic mass is 9.95. The van der Waals surface area contributed by atoms with E-state index in [2.05, 4.69) is 48.5 Å². The minimum Gasteiger partial charge on any atom is -0.497 e. The molecule has 0 spiro atoms. The number of hydrogen-bond donors (Lipinski definition) is 0. The molecule has 0 bridgehead atoms. The van der Waals surface area contributed by atoms with Gasteiger partial charge in [-0.3, -0.25) is 0 Å². The second-order valence-corrected chi connectivity index (χ2v) is 6.07. The van der Waals surface area contributed by atoms with E-state index in [-0.39, 0.29) is 12.2 Å². The molecule has 0 fully saturated rings. The first kappa shape index (κ1) is 15.7. The quantitative estimate of drug-likeness (QED) is 0.679. The van der Waals surface area contributed by atoms with Gasteiger partial charge in [0.2, 0.25) is 0 Å². The van der Waals surface area contributed by atoms with Gasteiger partial charge in [0.15, 0.2) is 0 Å². The highest BCUT2D eigenvalue weighted by atomic mass is 16.5. The van der Waals surface area contributed by atoms with Crippen molar-refractivity contribution in [2.75, 3.05) is 14.2 Å². The summed E-state index contributed by atoms with van der Waals surface area (Å²) in [7, 11) is 3.35. The summed E-state index contributed by atoms with van der Waals surface area (Å²) in [6.45, 7) is 0. The van der Waals surface area contributed by atoms with Crippen LogP contribution in [0.4, 0.5) is 0 Å². The molecule has 0 aliphatic carbocycles. The van der Waals surface area contributed by atoms with Crippen LogP contribution in [0.15, 0.2) is 72.8 Å². The number of fused-ring (bicyclic) bond motifs is 1.